The number of nitrogens with zero attached hydrogens (tertiary/aromatic N) is 2. The van der Waals surface area contributed by atoms with Crippen LogP contribution in [0.3, 0.4) is 0 Å². The first-order valence-electron chi connectivity index (χ1n) is 6.01. The summed E-state index contributed by atoms with van der Waals surface area (Å²) in [5.74, 6) is 0.518. The number of hydrogen-bond donors (Lipinski definition) is 0. The van der Waals surface area contributed by atoms with Crippen LogP contribution in [0, 0.1) is 21.4 Å². The van der Waals surface area contributed by atoms with Crippen LogP contribution in [0.4, 0.5) is 5.69 Å². The topological polar surface area (TPSA) is 76.2 Å². The molecule has 0 fully saturated rings. The molecule has 0 saturated carbocycles. The molecule has 2 aromatic rings. The first kappa shape index (κ1) is 13.6. The minimum atomic E-state index is -0.492. The van der Waals surface area contributed by atoms with Crippen LogP contribution >= 0.6 is 0 Å². The molecule has 0 atom stereocenters. The number of hydrogen-bond acceptors (Lipinski definition) is 4. The second kappa shape index (κ2) is 6.34. The van der Waals surface area contributed by atoms with E-state index in [1.807, 2.05) is 36.4 Å². The lowest BCUT2D eigenvalue weighted by Crippen LogP contribution is -1.98. The van der Waals surface area contributed by atoms with E-state index in [-0.39, 0.29) is 12.1 Å². The highest BCUT2D eigenvalue weighted by Crippen LogP contribution is 2.25. The van der Waals surface area contributed by atoms with Crippen LogP contribution in [-0.4, -0.2) is 4.92 Å². The second-order valence-corrected chi connectivity index (χ2v) is 4.16. The molecule has 0 radical (unpaired) electrons. The van der Waals surface area contributed by atoms with Gasteiger partial charge in [-0.05, 0) is 17.7 Å². The molecule has 0 heterocycles. The summed E-state index contributed by atoms with van der Waals surface area (Å²) in [5, 5.41) is 19.6. The maximum atomic E-state index is 10.8. The summed E-state index contributed by atoms with van der Waals surface area (Å²) in [5.41, 5.74) is 1.31. The second-order valence-electron chi connectivity index (χ2n) is 4.16. The molecule has 100 valence electrons. The zero-order valence-corrected chi connectivity index (χ0v) is 10.7. The molecule has 0 spiro atoms. The van der Waals surface area contributed by atoms with E-state index in [2.05, 4.69) is 0 Å². The summed E-state index contributed by atoms with van der Waals surface area (Å²) in [7, 11) is 0. The van der Waals surface area contributed by atoms with Crippen molar-refractivity contribution in [3.63, 3.8) is 0 Å². The fourth-order valence-corrected chi connectivity index (χ4v) is 1.80. The van der Waals surface area contributed by atoms with Crippen LogP contribution in [0.25, 0.3) is 0 Å². The predicted octanol–water partition coefficient (Wildman–Crippen LogP) is 3.24. The van der Waals surface area contributed by atoms with Gasteiger partial charge < -0.3 is 4.74 Å². The molecule has 0 N–H and O–H groups in total. The lowest BCUT2D eigenvalue weighted by molar-refractivity contribution is -0.385. The number of ether oxygens (including phenoxy) is 1. The molecule has 2 rings (SSSR count). The van der Waals surface area contributed by atoms with Crippen LogP contribution < -0.4 is 4.74 Å². The quantitative estimate of drug-likeness (QED) is 0.616. The highest BCUT2D eigenvalue weighted by atomic mass is 16.6. The molecule has 2 aromatic carbocycles. The fraction of sp³-hybridized carbons (Fsp3) is 0.133. The Balaban J connectivity index is 2.15. The minimum Gasteiger partial charge on any atom is -0.489 e. The van der Waals surface area contributed by atoms with Crippen molar-refractivity contribution in [2.24, 2.45) is 0 Å². The van der Waals surface area contributed by atoms with Gasteiger partial charge in [-0.15, -0.1) is 0 Å². The molecule has 0 amide bonds. The minimum absolute atomic E-state index is 0.0150. The van der Waals surface area contributed by atoms with Gasteiger partial charge in [0, 0.05) is 11.6 Å². The normalized spacial score (nSPS) is 9.75. The largest absolute Gasteiger partial charge is 0.489 e. The van der Waals surface area contributed by atoms with Gasteiger partial charge in [0.1, 0.15) is 12.4 Å². The van der Waals surface area contributed by atoms with Crippen LogP contribution in [0.2, 0.25) is 0 Å². The molecule has 0 aromatic heterocycles. The van der Waals surface area contributed by atoms with Crippen molar-refractivity contribution in [3.8, 4) is 11.8 Å². The average Bonchev–Trinajstić information content (AvgIpc) is 2.46. The Morgan fingerprint density at radius 1 is 1.20 bits per heavy atom. The molecule has 0 aliphatic carbocycles. The van der Waals surface area contributed by atoms with E-state index in [9.17, 15) is 10.1 Å². The highest BCUT2D eigenvalue weighted by Gasteiger charge is 2.14. The number of benzene rings is 2. The maximum Gasteiger partial charge on any atom is 0.273 e. The summed E-state index contributed by atoms with van der Waals surface area (Å²) in [6.07, 6.45) is -0.0150. The van der Waals surface area contributed by atoms with Gasteiger partial charge in [-0.3, -0.25) is 10.1 Å². The molecular formula is C15H12N2O3. The van der Waals surface area contributed by atoms with Crippen molar-refractivity contribution in [1.29, 1.82) is 5.26 Å². The molecule has 0 unspecified atom stereocenters. The molecule has 0 bridgehead atoms. The molecule has 5 heteroatoms. The van der Waals surface area contributed by atoms with E-state index in [0.717, 1.165) is 5.56 Å². The van der Waals surface area contributed by atoms with Crippen molar-refractivity contribution in [3.05, 3.63) is 69.8 Å². The van der Waals surface area contributed by atoms with Crippen molar-refractivity contribution in [2.75, 3.05) is 0 Å². The lowest BCUT2D eigenvalue weighted by Gasteiger charge is -2.07. The summed E-state index contributed by atoms with van der Waals surface area (Å²) in [6.45, 7) is 0.380. The Bertz CT molecular complexity index is 648. The fourth-order valence-electron chi connectivity index (χ4n) is 1.80. The first-order valence-corrected chi connectivity index (χ1v) is 6.01. The standard InChI is InChI=1S/C15H12N2O3/c16-9-8-13-10-14(6-7-15(13)17(18)19)20-11-12-4-2-1-3-5-12/h1-7,10H,8,11H2. The first-order chi connectivity index (χ1) is 9.70. The predicted molar refractivity (Wildman–Crippen MR) is 73.2 cm³/mol. The van der Waals surface area contributed by atoms with Crippen LogP contribution in [0.15, 0.2) is 48.5 Å². The van der Waals surface area contributed by atoms with E-state index in [1.165, 1.54) is 6.07 Å². The lowest BCUT2D eigenvalue weighted by atomic mass is 10.1. The van der Waals surface area contributed by atoms with E-state index < -0.39 is 4.92 Å². The third-order valence-electron chi connectivity index (χ3n) is 2.77. The van der Waals surface area contributed by atoms with Gasteiger partial charge in [0.2, 0.25) is 0 Å². The summed E-state index contributed by atoms with van der Waals surface area (Å²) in [6, 6.07) is 16.0. The van der Waals surface area contributed by atoms with E-state index in [0.29, 0.717) is 17.9 Å². The molecule has 0 aliphatic rings. The maximum absolute atomic E-state index is 10.8. The Kier molecular flexibility index (Phi) is 4.30. The van der Waals surface area contributed by atoms with Crippen molar-refractivity contribution >= 4 is 5.69 Å². The smallest absolute Gasteiger partial charge is 0.273 e. The number of nitriles is 1. The molecule has 5 nitrogen and oxygen atoms in total. The molecule has 0 saturated heterocycles. The van der Waals surface area contributed by atoms with Crippen LogP contribution in [0.5, 0.6) is 5.75 Å². The average molecular weight is 268 g/mol. The molecular weight excluding hydrogens is 256 g/mol. The van der Waals surface area contributed by atoms with Gasteiger partial charge in [-0.1, -0.05) is 30.3 Å². The Morgan fingerprint density at radius 2 is 1.95 bits per heavy atom. The Morgan fingerprint density at radius 3 is 2.60 bits per heavy atom. The number of nitro groups is 1. The summed E-state index contributed by atoms with van der Waals surface area (Å²) >= 11 is 0. The highest BCUT2D eigenvalue weighted by molar-refractivity contribution is 5.46. The van der Waals surface area contributed by atoms with Crippen molar-refractivity contribution < 1.29 is 9.66 Å². The van der Waals surface area contributed by atoms with E-state index >= 15 is 0 Å². The SMILES string of the molecule is N#CCc1cc(OCc2ccccc2)ccc1[N+](=O)[O-]. The monoisotopic (exact) mass is 268 g/mol. The van der Waals surface area contributed by atoms with Crippen LogP contribution in [-0.2, 0) is 13.0 Å². The third-order valence-corrected chi connectivity index (χ3v) is 2.77. The zero-order chi connectivity index (χ0) is 14.4. The van der Waals surface area contributed by atoms with Gasteiger partial charge in [-0.2, -0.15) is 5.26 Å². The van der Waals surface area contributed by atoms with Crippen molar-refractivity contribution in [2.45, 2.75) is 13.0 Å². The molecule has 20 heavy (non-hydrogen) atoms. The molecule has 0 aliphatic heterocycles. The number of nitro benzene ring substituents is 1. The van der Waals surface area contributed by atoms with E-state index in [1.54, 1.807) is 12.1 Å². The Labute approximate surface area is 116 Å². The number of rotatable bonds is 5. The van der Waals surface area contributed by atoms with Gasteiger partial charge >= 0.3 is 0 Å². The zero-order valence-electron chi connectivity index (χ0n) is 10.7. The van der Waals surface area contributed by atoms with Gasteiger partial charge in [-0.25, -0.2) is 0 Å². The van der Waals surface area contributed by atoms with Crippen LogP contribution in [0.1, 0.15) is 11.1 Å². The van der Waals surface area contributed by atoms with Gasteiger partial charge in [0.05, 0.1) is 17.4 Å². The Hall–Kier alpha value is -2.87. The summed E-state index contributed by atoms with van der Waals surface area (Å²) in [4.78, 5) is 10.4. The third kappa shape index (κ3) is 3.33. The van der Waals surface area contributed by atoms with Crippen molar-refractivity contribution in [1.82, 2.24) is 0 Å². The van der Waals surface area contributed by atoms with E-state index in [4.69, 9.17) is 10.00 Å². The summed E-state index contributed by atoms with van der Waals surface area (Å²) < 4.78 is 5.58. The van der Waals surface area contributed by atoms with Gasteiger partial charge in [0.25, 0.3) is 5.69 Å². The van der Waals surface area contributed by atoms with Gasteiger partial charge in [0.15, 0.2) is 0 Å².